The van der Waals surface area contributed by atoms with Crippen molar-refractivity contribution in [3.63, 3.8) is 0 Å². The van der Waals surface area contributed by atoms with Crippen molar-refractivity contribution in [2.45, 2.75) is 18.8 Å². The lowest BCUT2D eigenvalue weighted by Crippen LogP contribution is -2.26. The van der Waals surface area contributed by atoms with E-state index in [-0.39, 0.29) is 30.3 Å². The fourth-order valence-corrected chi connectivity index (χ4v) is 1.55. The molecule has 0 aliphatic carbocycles. The molecular formula is C10H14N2. The molecule has 0 atom stereocenters. The summed E-state index contributed by atoms with van der Waals surface area (Å²) in [5.41, 5.74) is 0.534. The SMILES string of the molecule is [2H]c1nc([2H])c([2H])c(C2CCNCC2)c1[2H]. The predicted molar refractivity (Wildman–Crippen MR) is 49.1 cm³/mol. The fraction of sp³-hybridized carbons (Fsp3) is 0.500. The molecule has 1 aliphatic rings. The number of hydrogen-bond donors (Lipinski definition) is 1. The van der Waals surface area contributed by atoms with Gasteiger partial charge in [-0.25, -0.2) is 0 Å². The van der Waals surface area contributed by atoms with Gasteiger partial charge in [-0.15, -0.1) is 0 Å². The zero-order valence-corrected chi connectivity index (χ0v) is 6.85. The number of hydrogen-bond acceptors (Lipinski definition) is 2. The molecule has 0 saturated carbocycles. The van der Waals surface area contributed by atoms with Crippen LogP contribution in [-0.4, -0.2) is 18.1 Å². The van der Waals surface area contributed by atoms with E-state index in [1.807, 2.05) is 0 Å². The zero-order chi connectivity index (χ0) is 11.7. The topological polar surface area (TPSA) is 24.9 Å². The quantitative estimate of drug-likeness (QED) is 0.684. The van der Waals surface area contributed by atoms with E-state index in [1.165, 1.54) is 0 Å². The van der Waals surface area contributed by atoms with E-state index in [4.69, 9.17) is 5.48 Å². The average molecular weight is 166 g/mol. The first-order chi connectivity index (χ1) is 7.61. The molecule has 0 bridgehead atoms. The summed E-state index contributed by atoms with van der Waals surface area (Å²) in [6.45, 7) is 1.74. The minimum absolute atomic E-state index is 0.0212. The number of nitrogens with one attached hydrogen (secondary N) is 1. The minimum Gasteiger partial charge on any atom is -0.317 e. The molecule has 1 N–H and O–H groups in total. The highest BCUT2D eigenvalue weighted by Crippen LogP contribution is 2.23. The number of pyridine rings is 1. The molecule has 0 unspecified atom stereocenters. The minimum atomic E-state index is -0.186. The Hall–Kier alpha value is -0.890. The second-order valence-corrected chi connectivity index (χ2v) is 3.02. The predicted octanol–water partition coefficient (Wildman–Crippen LogP) is 1.55. The van der Waals surface area contributed by atoms with E-state index in [0.29, 0.717) is 5.56 Å². The summed E-state index contributed by atoms with van der Waals surface area (Å²) in [7, 11) is 0. The molecule has 2 rings (SSSR count). The normalized spacial score (nSPS) is 24.0. The van der Waals surface area contributed by atoms with Crippen LogP contribution in [0.15, 0.2) is 24.4 Å². The molecule has 0 aromatic carbocycles. The maximum atomic E-state index is 7.80. The third-order valence-corrected chi connectivity index (χ3v) is 2.24. The molecule has 2 heterocycles. The molecule has 1 saturated heterocycles. The molecule has 1 fully saturated rings. The summed E-state index contributed by atoms with van der Waals surface area (Å²) >= 11 is 0. The van der Waals surface area contributed by atoms with Gasteiger partial charge < -0.3 is 5.32 Å². The number of aromatic nitrogens is 1. The molecule has 2 nitrogen and oxygen atoms in total. The van der Waals surface area contributed by atoms with Gasteiger partial charge in [-0.1, -0.05) is 0 Å². The van der Waals surface area contributed by atoms with Crippen molar-refractivity contribution in [1.29, 1.82) is 0 Å². The molecular weight excluding hydrogens is 148 g/mol. The Kier molecular flexibility index (Phi) is 1.34. The largest absolute Gasteiger partial charge is 0.317 e. The van der Waals surface area contributed by atoms with Gasteiger partial charge in [0.15, 0.2) is 0 Å². The van der Waals surface area contributed by atoms with Gasteiger partial charge in [0.1, 0.15) is 0 Å². The van der Waals surface area contributed by atoms with E-state index in [0.717, 1.165) is 25.9 Å². The third kappa shape index (κ3) is 1.64. The van der Waals surface area contributed by atoms with Crippen LogP contribution in [-0.2, 0) is 0 Å². The Morgan fingerprint density at radius 1 is 1.33 bits per heavy atom. The number of rotatable bonds is 1. The first-order valence-corrected chi connectivity index (χ1v) is 4.26. The lowest BCUT2D eigenvalue weighted by atomic mass is 9.91. The van der Waals surface area contributed by atoms with E-state index >= 15 is 0 Å². The van der Waals surface area contributed by atoms with Gasteiger partial charge in [-0.2, -0.15) is 0 Å². The Morgan fingerprint density at radius 2 is 2.00 bits per heavy atom. The lowest BCUT2D eigenvalue weighted by molar-refractivity contribution is 0.460. The van der Waals surface area contributed by atoms with E-state index in [1.54, 1.807) is 0 Å². The van der Waals surface area contributed by atoms with Crippen LogP contribution < -0.4 is 5.32 Å². The smallest absolute Gasteiger partial charge is 0.0840 e. The lowest BCUT2D eigenvalue weighted by Gasteiger charge is -2.22. The molecule has 2 heteroatoms. The van der Waals surface area contributed by atoms with Gasteiger partial charge in [0.25, 0.3) is 0 Å². The summed E-state index contributed by atoms with van der Waals surface area (Å²) < 4.78 is 30.6. The second kappa shape index (κ2) is 3.68. The molecule has 0 amide bonds. The van der Waals surface area contributed by atoms with Crippen molar-refractivity contribution in [2.75, 3.05) is 13.1 Å². The Balaban J connectivity index is 2.45. The van der Waals surface area contributed by atoms with Crippen molar-refractivity contribution >= 4 is 0 Å². The van der Waals surface area contributed by atoms with Crippen LogP contribution >= 0.6 is 0 Å². The highest BCUT2D eigenvalue weighted by atomic mass is 14.9. The van der Waals surface area contributed by atoms with Crippen LogP contribution in [0.5, 0.6) is 0 Å². The zero-order valence-electron chi connectivity index (χ0n) is 10.9. The summed E-state index contributed by atoms with van der Waals surface area (Å²) in [6, 6.07) is 0.0424. The highest BCUT2D eigenvalue weighted by Gasteiger charge is 2.13. The van der Waals surface area contributed by atoms with Crippen molar-refractivity contribution < 1.29 is 5.48 Å². The maximum Gasteiger partial charge on any atom is 0.0840 e. The van der Waals surface area contributed by atoms with Crippen LogP contribution in [0.2, 0.25) is 0 Å². The molecule has 1 aromatic rings. The average Bonchev–Trinajstić information content (AvgIpc) is 2.28. The molecule has 0 radical (unpaired) electrons. The highest BCUT2D eigenvalue weighted by molar-refractivity contribution is 5.16. The summed E-state index contributed by atoms with van der Waals surface area (Å²) in [5.74, 6) is 0.123. The number of piperidine rings is 1. The van der Waals surface area contributed by atoms with Gasteiger partial charge in [-0.3, -0.25) is 4.98 Å². The summed E-state index contributed by atoms with van der Waals surface area (Å²) in [4.78, 5) is 3.57. The molecule has 1 aliphatic heterocycles. The van der Waals surface area contributed by atoms with Crippen molar-refractivity contribution in [3.05, 3.63) is 30.0 Å². The third-order valence-electron chi connectivity index (χ3n) is 2.24. The van der Waals surface area contributed by atoms with Crippen LogP contribution in [0.25, 0.3) is 0 Å². The van der Waals surface area contributed by atoms with Gasteiger partial charge in [0, 0.05) is 12.3 Å². The monoisotopic (exact) mass is 166 g/mol. The first-order valence-electron chi connectivity index (χ1n) is 6.26. The van der Waals surface area contributed by atoms with Crippen LogP contribution in [0.1, 0.15) is 29.8 Å². The summed E-state index contributed by atoms with van der Waals surface area (Å²) in [6.07, 6.45) is 1.35. The van der Waals surface area contributed by atoms with E-state index in [2.05, 4.69) is 10.3 Å². The van der Waals surface area contributed by atoms with Gasteiger partial charge in [0.05, 0.1) is 5.48 Å². The fourth-order valence-electron chi connectivity index (χ4n) is 1.55. The molecule has 64 valence electrons. The maximum absolute atomic E-state index is 7.80. The Bertz CT molecular complexity index is 376. The van der Waals surface area contributed by atoms with Crippen LogP contribution in [0, 0.1) is 0 Å². The number of nitrogens with zero attached hydrogens (tertiary/aromatic N) is 1. The van der Waals surface area contributed by atoms with Crippen LogP contribution in [0.3, 0.4) is 0 Å². The Labute approximate surface area is 78.6 Å². The second-order valence-electron chi connectivity index (χ2n) is 3.02. The van der Waals surface area contributed by atoms with E-state index < -0.39 is 0 Å². The van der Waals surface area contributed by atoms with Crippen molar-refractivity contribution in [1.82, 2.24) is 10.3 Å². The molecule has 0 spiro atoms. The van der Waals surface area contributed by atoms with E-state index in [9.17, 15) is 0 Å². The standard InChI is InChI=1S/C10H14N2/c1-5-11-6-2-9(1)10-3-7-12-8-4-10/h1-2,5-6,10,12H,3-4,7-8H2/i1D,2D,5D,6D. The van der Waals surface area contributed by atoms with Crippen LogP contribution in [0.4, 0.5) is 0 Å². The Morgan fingerprint density at radius 3 is 2.67 bits per heavy atom. The van der Waals surface area contributed by atoms with Gasteiger partial charge in [-0.05, 0) is 49.5 Å². The summed E-state index contributed by atoms with van der Waals surface area (Å²) in [5, 5.41) is 3.22. The first kappa shape index (κ1) is 4.38. The van der Waals surface area contributed by atoms with Gasteiger partial charge in [0.2, 0.25) is 0 Å². The molecule has 12 heavy (non-hydrogen) atoms. The van der Waals surface area contributed by atoms with Gasteiger partial charge >= 0.3 is 0 Å². The molecule has 1 aromatic heterocycles. The van der Waals surface area contributed by atoms with Crippen molar-refractivity contribution in [2.24, 2.45) is 0 Å². The van der Waals surface area contributed by atoms with Crippen molar-refractivity contribution in [3.8, 4) is 0 Å².